The van der Waals surface area contributed by atoms with Gasteiger partial charge in [0.15, 0.2) is 29.9 Å². The second kappa shape index (κ2) is 30.8. The highest BCUT2D eigenvalue weighted by Gasteiger charge is 2.51. The lowest BCUT2D eigenvalue weighted by molar-refractivity contribution is -0.330. The van der Waals surface area contributed by atoms with Gasteiger partial charge in [-0.05, 0) is 110 Å². The molecule has 7 aliphatic heterocycles. The summed E-state index contributed by atoms with van der Waals surface area (Å²) in [5.41, 5.74) is 10.5. The lowest BCUT2D eigenvalue weighted by atomic mass is 9.86. The smallest absolute Gasteiger partial charge is 0.330 e. The molecule has 12 rings (SSSR count). The predicted molar refractivity (Wildman–Crippen MR) is 354 cm³/mol. The highest BCUT2D eigenvalue weighted by Crippen LogP contribution is 2.50. The van der Waals surface area contributed by atoms with Gasteiger partial charge >= 0.3 is 5.97 Å². The third-order valence-corrected chi connectivity index (χ3v) is 18.5. The van der Waals surface area contributed by atoms with Crippen molar-refractivity contribution in [2.75, 3.05) is 13.6 Å². The van der Waals surface area contributed by atoms with Crippen molar-refractivity contribution in [3.8, 4) is 57.1 Å². The van der Waals surface area contributed by atoms with Gasteiger partial charge in [-0.2, -0.15) is 0 Å². The molecule has 18 atom stereocenters. The maximum absolute atomic E-state index is 16.1. The van der Waals surface area contributed by atoms with E-state index in [0.717, 1.165) is 66.7 Å². The molecule has 2 saturated heterocycles. The molecule has 23 N–H and O–H groups in total. The van der Waals surface area contributed by atoms with Crippen LogP contribution in [0.5, 0.6) is 46.0 Å². The van der Waals surface area contributed by atoms with Crippen LogP contribution in [-0.2, 0) is 52.6 Å². The van der Waals surface area contributed by atoms with E-state index in [9.17, 15) is 69.9 Å². The van der Waals surface area contributed by atoms with Crippen molar-refractivity contribution in [1.82, 2.24) is 42.6 Å². The molecule has 7 heterocycles. The minimum absolute atomic E-state index is 0.0948. The Morgan fingerprint density at radius 2 is 1.32 bits per heavy atom. The summed E-state index contributed by atoms with van der Waals surface area (Å²) >= 11 is 14.2. The predicted octanol–water partition coefficient (Wildman–Crippen LogP) is -0.423. The summed E-state index contributed by atoms with van der Waals surface area (Å²) in [6.45, 7) is 6.29. The molecule has 7 aliphatic rings. The number of aromatic hydroxyl groups is 3. The summed E-state index contributed by atoms with van der Waals surface area (Å²) < 4.78 is 38.8. The minimum atomic E-state index is -2.33. The quantitative estimate of drug-likeness (QED) is 0.0496. The number of carboxylic acids is 1. The Morgan fingerprint density at radius 3 is 1.91 bits per heavy atom. The monoisotopic (exact) mass is 1460 g/mol. The van der Waals surface area contributed by atoms with Crippen molar-refractivity contribution in [2.24, 2.45) is 23.2 Å². The number of carbonyl (C=O) groups is 8. The summed E-state index contributed by atoms with van der Waals surface area (Å²) in [6.07, 6.45) is -18.0. The summed E-state index contributed by atoms with van der Waals surface area (Å²) in [4.78, 5) is 117. The molecular formula is C66H77Cl2N11O23. The third-order valence-electron chi connectivity index (χ3n) is 17.9. The number of hydrogen-bond donors (Lipinski definition) is 20. The number of halogens is 2. The lowest BCUT2D eigenvalue weighted by Gasteiger charge is -2.47. The van der Waals surface area contributed by atoms with Gasteiger partial charge < -0.3 is 123 Å². The van der Waals surface area contributed by atoms with Crippen molar-refractivity contribution in [3.05, 3.63) is 117 Å². The first-order chi connectivity index (χ1) is 48.2. The molecule has 5 aromatic carbocycles. The van der Waals surface area contributed by atoms with Gasteiger partial charge in [0, 0.05) is 41.3 Å². The number of ether oxygens (including phenoxy) is 6. The average molecular weight is 1460 g/mol. The van der Waals surface area contributed by atoms with Crippen LogP contribution < -0.4 is 74.2 Å². The summed E-state index contributed by atoms with van der Waals surface area (Å²) in [5, 5.41) is 120. The zero-order valence-electron chi connectivity index (χ0n) is 55.0. The van der Waals surface area contributed by atoms with Crippen LogP contribution in [0.4, 0.5) is 0 Å². The minimum Gasteiger partial charge on any atom is -0.508 e. The Hall–Kier alpha value is -9.24. The second-order valence-electron chi connectivity index (χ2n) is 25.9. The molecule has 0 aromatic heterocycles. The van der Waals surface area contributed by atoms with E-state index in [1.165, 1.54) is 33.0 Å². The first kappa shape index (κ1) is 75.4. The maximum atomic E-state index is 16.1. The number of nitrogens with one attached hydrogen (secondary N) is 8. The summed E-state index contributed by atoms with van der Waals surface area (Å²) in [5.74, 6) is -10.0. The molecule has 0 spiro atoms. The molecule has 102 heavy (non-hydrogen) atoms. The number of aliphatic hydroxyl groups is 5. The van der Waals surface area contributed by atoms with E-state index >= 15 is 14.4 Å². The van der Waals surface area contributed by atoms with Crippen LogP contribution in [0.3, 0.4) is 0 Å². The number of nitrogens with two attached hydrogens (primary N) is 3. The Labute approximate surface area is 590 Å². The molecule has 0 aliphatic carbocycles. The standard InChI is InChI=1S/C66H77Cl2N11O23/c1-23(2)12-34(72-5)58(89)78-49-51(84)26-7-10-38(32(67)14-26)98-40-16-28-17-41(55(40)102-65-56(54(87)53(86)42(100-65)22-73-71)101-44-21-66(4,70)57(88)24(3)97-44)99-39-11-8-27(15-33(39)68)52(85)50-63(94)77-48(64(95)96)31-18-29(80)19-37(82)45(31)30-13-25(6-9-36(30)81)46(60(91)79-50)76-61(92)47(28)75-59(90)35(20-43(69)83)74-62(49)93/h6-11,13-19,23-24,34-35,42,44,46-54,56-57,65,72-73,80-82,84-88H,12,20-22,70-71H2,1-5H3,(H2,69,83)(H,74,93)(H,75,90)(H,76,92)(H,77,94)(H,78,89)(H,79,91)(H,95,96)/t24?,34-,35-,42?,44?,46?,47?,48+,49+,50-,51+,52+,53?,54?,56?,57?,65?,66?/m0/s1. The molecular weight excluding hydrogens is 1390 g/mol. The fourth-order valence-electron chi connectivity index (χ4n) is 12.6. The number of hydrogen-bond acceptors (Lipinski definition) is 26. The fourth-order valence-corrected chi connectivity index (χ4v) is 13.1. The van der Waals surface area contributed by atoms with Crippen LogP contribution in [-0.4, -0.2) is 186 Å². The largest absolute Gasteiger partial charge is 0.508 e. The number of carboxylic acid groups (broad SMARTS) is 1. The van der Waals surface area contributed by atoms with Gasteiger partial charge in [-0.15, -0.1) is 0 Å². The summed E-state index contributed by atoms with van der Waals surface area (Å²) in [6, 6.07) is -0.485. The number of carbonyl (C=O) groups excluding carboxylic acids is 7. The number of hydrazine groups is 1. The third kappa shape index (κ3) is 16.0. The van der Waals surface area contributed by atoms with Gasteiger partial charge in [0.25, 0.3) is 0 Å². The molecule has 36 heteroatoms. The van der Waals surface area contributed by atoms with E-state index in [1.54, 1.807) is 0 Å². The van der Waals surface area contributed by atoms with E-state index in [0.29, 0.717) is 0 Å². The SMILES string of the molecule is CN[C@@H](CC(C)C)C(=O)N[C@H]1C(=O)N[C@@H](CC(N)=O)C(=O)NC2C(=O)NC3C(=O)N[C@H](C(=O)N[C@@H](C(=O)O)c4cc(O)cc(O)c4-c4cc3ccc4O)[C@H](O)c3ccc(c(Cl)c3)Oc3cc2cc(c3OC2OC(CNN)C(O)C(O)C2OC2CC(C)(N)C(O)C(C)O2)Oc2ccc(cc2Cl)[C@H]1O. The molecule has 0 radical (unpaired) electrons. The number of phenols is 3. The maximum Gasteiger partial charge on any atom is 0.330 e. The van der Waals surface area contributed by atoms with Gasteiger partial charge in [0.05, 0.1) is 34.7 Å². The zero-order valence-corrected chi connectivity index (χ0v) is 56.5. The van der Waals surface area contributed by atoms with Crippen LogP contribution in [0.25, 0.3) is 11.1 Å². The zero-order chi connectivity index (χ0) is 74.2. The molecule has 548 valence electrons. The number of amides is 7. The van der Waals surface area contributed by atoms with Gasteiger partial charge in [-0.1, -0.05) is 55.2 Å². The van der Waals surface area contributed by atoms with E-state index in [4.69, 9.17) is 68.9 Å². The highest BCUT2D eigenvalue weighted by atomic mass is 35.5. The van der Waals surface area contributed by atoms with Gasteiger partial charge in [-0.3, -0.25) is 44.8 Å². The van der Waals surface area contributed by atoms with Gasteiger partial charge in [-0.25, -0.2) is 4.79 Å². The van der Waals surface area contributed by atoms with Crippen molar-refractivity contribution in [1.29, 1.82) is 0 Å². The Bertz CT molecular complexity index is 4100. The van der Waals surface area contributed by atoms with Crippen molar-refractivity contribution < 1.29 is 113 Å². The van der Waals surface area contributed by atoms with Gasteiger partial charge in [0.1, 0.15) is 89.5 Å². The average Bonchev–Trinajstić information content (AvgIpc) is 0.768. The molecule has 11 unspecified atom stereocenters. The van der Waals surface area contributed by atoms with Crippen LogP contribution in [0.15, 0.2) is 78.9 Å². The van der Waals surface area contributed by atoms with E-state index in [-0.39, 0.29) is 58.5 Å². The number of likely N-dealkylation sites (N-methyl/N-ethyl adjacent to an activating group) is 1. The number of aliphatic hydroxyl groups excluding tert-OH is 5. The van der Waals surface area contributed by atoms with Crippen LogP contribution in [0.2, 0.25) is 10.0 Å². The van der Waals surface area contributed by atoms with Crippen molar-refractivity contribution in [3.63, 3.8) is 0 Å². The van der Waals surface area contributed by atoms with Crippen LogP contribution in [0, 0.1) is 5.92 Å². The van der Waals surface area contributed by atoms with Crippen molar-refractivity contribution in [2.45, 2.75) is 156 Å². The molecule has 0 saturated carbocycles. The van der Waals surface area contributed by atoms with E-state index in [2.05, 4.69) is 42.6 Å². The number of aliphatic carboxylic acids is 1. The summed E-state index contributed by atoms with van der Waals surface area (Å²) in [7, 11) is 1.48. The van der Waals surface area contributed by atoms with Crippen LogP contribution in [0.1, 0.15) is 105 Å². The second-order valence-corrected chi connectivity index (χ2v) is 26.8. The van der Waals surface area contributed by atoms with E-state index in [1.807, 2.05) is 13.8 Å². The Balaban J connectivity index is 1.24. The number of benzene rings is 5. The number of rotatable bonds is 14. The van der Waals surface area contributed by atoms with Crippen LogP contribution >= 0.6 is 23.2 Å². The molecule has 34 nitrogen and oxygen atoms in total. The first-order valence-corrected chi connectivity index (χ1v) is 32.7. The van der Waals surface area contributed by atoms with Crippen molar-refractivity contribution >= 4 is 70.5 Å². The highest BCUT2D eigenvalue weighted by molar-refractivity contribution is 6.32. The molecule has 2 fully saturated rings. The molecule has 7 amide bonds. The number of phenolic OH excluding ortho intramolecular Hbond substituents is 3. The topological polar surface area (TPSA) is 548 Å². The number of fused-ring (bicyclic) bond motifs is 15. The van der Waals surface area contributed by atoms with Gasteiger partial charge in [0.2, 0.25) is 53.4 Å². The molecule has 5 aromatic rings. The number of primary amides is 1. The normalized spacial score (nSPS) is 29.3. The van der Waals surface area contributed by atoms with E-state index < -0.39 is 225 Å². The first-order valence-electron chi connectivity index (χ1n) is 31.9. The fraction of sp³-hybridized carbons (Fsp3) is 0.424. The Kier molecular flexibility index (Phi) is 22.7. The molecule has 11 bridgehead atoms. The lowest BCUT2D eigenvalue weighted by Crippen LogP contribution is -2.65. The Morgan fingerprint density at radius 1 is 0.716 bits per heavy atom.